The summed E-state index contributed by atoms with van der Waals surface area (Å²) in [6.07, 6.45) is 0.645. The topological polar surface area (TPSA) is 84.0 Å². The van der Waals surface area contributed by atoms with Gasteiger partial charge in [-0.05, 0) is 24.1 Å². The molecule has 0 amide bonds. The molecular weight excluding hydrogens is 236 g/mol. The smallest absolute Gasteiger partial charge is 0.155 e. The predicted molar refractivity (Wildman–Crippen MR) is 66.9 cm³/mol. The zero-order chi connectivity index (χ0) is 12.9. The highest BCUT2D eigenvalue weighted by Crippen LogP contribution is 2.09. The van der Waals surface area contributed by atoms with E-state index in [-0.39, 0.29) is 17.5 Å². The fraction of sp³-hybridized carbons (Fsp3) is 0.417. The number of benzene rings is 1. The molecule has 0 aliphatic rings. The lowest BCUT2D eigenvalue weighted by Gasteiger charge is -2.09. The van der Waals surface area contributed by atoms with Gasteiger partial charge >= 0.3 is 0 Å². The minimum Gasteiger partial charge on any atom is -0.327 e. The molecule has 1 aromatic rings. The molecule has 0 aliphatic heterocycles. The lowest BCUT2D eigenvalue weighted by Crippen LogP contribution is -2.29. The summed E-state index contributed by atoms with van der Waals surface area (Å²) in [5.41, 5.74) is 6.85. The Bertz CT molecular complexity index is 500. The number of sulfone groups is 1. The first kappa shape index (κ1) is 13.7. The van der Waals surface area contributed by atoms with Crippen molar-refractivity contribution in [2.75, 3.05) is 5.75 Å². The Labute approximate surface area is 102 Å². The Hall–Kier alpha value is -1.38. The number of hydrogen-bond acceptors (Lipinski definition) is 4. The maximum absolute atomic E-state index is 11.8. The van der Waals surface area contributed by atoms with Gasteiger partial charge in [0.25, 0.3) is 0 Å². The van der Waals surface area contributed by atoms with Crippen LogP contribution in [0.2, 0.25) is 0 Å². The second-order valence-electron chi connectivity index (χ2n) is 4.03. The Morgan fingerprint density at radius 1 is 1.35 bits per heavy atom. The lowest BCUT2D eigenvalue weighted by molar-refractivity contribution is 0.583. The molecule has 17 heavy (non-hydrogen) atoms. The highest BCUT2D eigenvalue weighted by Gasteiger charge is 2.15. The second-order valence-corrected chi connectivity index (χ2v) is 6.14. The molecule has 0 heterocycles. The van der Waals surface area contributed by atoms with E-state index < -0.39 is 9.84 Å². The van der Waals surface area contributed by atoms with Gasteiger partial charge < -0.3 is 5.73 Å². The van der Waals surface area contributed by atoms with Crippen LogP contribution in [-0.4, -0.2) is 20.2 Å². The van der Waals surface area contributed by atoms with E-state index in [0.29, 0.717) is 17.5 Å². The minimum absolute atomic E-state index is 0.00347. The van der Waals surface area contributed by atoms with Crippen LogP contribution in [0.4, 0.5) is 0 Å². The van der Waals surface area contributed by atoms with Crippen LogP contribution in [-0.2, 0) is 15.6 Å². The molecule has 0 saturated carbocycles. The molecule has 1 rings (SSSR count). The minimum atomic E-state index is -3.17. The van der Waals surface area contributed by atoms with Crippen LogP contribution < -0.4 is 5.73 Å². The standard InChI is InChI=1S/C12H16N2O2S/c1-2-12(14)9-17(15,16)8-11-5-3-10(7-13)4-6-11/h3-6,12H,2,8-9,14H2,1H3. The average molecular weight is 252 g/mol. The zero-order valence-corrected chi connectivity index (χ0v) is 10.6. The number of hydrogen-bond donors (Lipinski definition) is 1. The van der Waals surface area contributed by atoms with Crippen LogP contribution >= 0.6 is 0 Å². The van der Waals surface area contributed by atoms with Crippen LogP contribution in [0.3, 0.4) is 0 Å². The summed E-state index contributed by atoms with van der Waals surface area (Å²) in [4.78, 5) is 0. The molecule has 1 aromatic carbocycles. The summed E-state index contributed by atoms with van der Waals surface area (Å²) in [7, 11) is -3.17. The maximum Gasteiger partial charge on any atom is 0.155 e. The zero-order valence-electron chi connectivity index (χ0n) is 9.76. The Morgan fingerprint density at radius 3 is 2.41 bits per heavy atom. The molecule has 92 valence electrons. The van der Waals surface area contributed by atoms with E-state index in [1.165, 1.54) is 0 Å². The molecule has 1 atom stereocenters. The van der Waals surface area contributed by atoms with Gasteiger partial charge in [0.15, 0.2) is 9.84 Å². The molecule has 0 saturated heterocycles. The molecule has 0 radical (unpaired) electrons. The van der Waals surface area contributed by atoms with Crippen molar-refractivity contribution >= 4 is 9.84 Å². The van der Waals surface area contributed by atoms with Crippen molar-refractivity contribution in [1.82, 2.24) is 0 Å². The van der Waals surface area contributed by atoms with Crippen LogP contribution in [0.15, 0.2) is 24.3 Å². The second kappa shape index (κ2) is 5.80. The Morgan fingerprint density at radius 2 is 1.94 bits per heavy atom. The van der Waals surface area contributed by atoms with Crippen LogP contribution in [0.25, 0.3) is 0 Å². The van der Waals surface area contributed by atoms with Gasteiger partial charge in [-0.1, -0.05) is 19.1 Å². The first-order valence-electron chi connectivity index (χ1n) is 5.42. The third-order valence-corrected chi connectivity index (χ3v) is 4.17. The van der Waals surface area contributed by atoms with Crippen LogP contribution in [0.5, 0.6) is 0 Å². The van der Waals surface area contributed by atoms with E-state index in [2.05, 4.69) is 0 Å². The van der Waals surface area contributed by atoms with E-state index in [4.69, 9.17) is 11.0 Å². The molecule has 0 aromatic heterocycles. The third-order valence-electron chi connectivity index (χ3n) is 2.46. The quantitative estimate of drug-likeness (QED) is 0.853. The summed E-state index contributed by atoms with van der Waals surface area (Å²) >= 11 is 0. The van der Waals surface area contributed by atoms with E-state index >= 15 is 0 Å². The fourth-order valence-corrected chi connectivity index (χ4v) is 3.14. The molecule has 0 bridgehead atoms. The van der Waals surface area contributed by atoms with E-state index in [9.17, 15) is 8.42 Å². The molecule has 4 nitrogen and oxygen atoms in total. The van der Waals surface area contributed by atoms with Gasteiger partial charge in [0.2, 0.25) is 0 Å². The van der Waals surface area contributed by atoms with Crippen molar-refractivity contribution in [1.29, 1.82) is 5.26 Å². The molecule has 2 N–H and O–H groups in total. The predicted octanol–water partition coefficient (Wildman–Crippen LogP) is 1.21. The van der Waals surface area contributed by atoms with Gasteiger partial charge in [-0.25, -0.2) is 8.42 Å². The summed E-state index contributed by atoms with van der Waals surface area (Å²) in [6, 6.07) is 8.23. The van der Waals surface area contributed by atoms with Gasteiger partial charge in [-0.15, -0.1) is 0 Å². The average Bonchev–Trinajstić information content (AvgIpc) is 2.28. The van der Waals surface area contributed by atoms with Gasteiger partial charge in [-0.2, -0.15) is 5.26 Å². The Balaban J connectivity index is 2.73. The molecule has 0 aliphatic carbocycles. The number of nitrogens with two attached hydrogens (primary N) is 1. The summed E-state index contributed by atoms with van der Waals surface area (Å²) in [6.45, 7) is 1.86. The maximum atomic E-state index is 11.8. The summed E-state index contributed by atoms with van der Waals surface area (Å²) < 4.78 is 23.6. The van der Waals surface area contributed by atoms with Gasteiger partial charge in [0.05, 0.1) is 23.1 Å². The molecule has 5 heteroatoms. The first-order chi connectivity index (χ1) is 7.96. The van der Waals surface area contributed by atoms with Crippen molar-refractivity contribution in [3.8, 4) is 6.07 Å². The molecule has 0 spiro atoms. The van der Waals surface area contributed by atoms with Gasteiger partial charge in [0.1, 0.15) is 0 Å². The van der Waals surface area contributed by atoms with Crippen molar-refractivity contribution in [3.05, 3.63) is 35.4 Å². The molecular formula is C12H16N2O2S. The fourth-order valence-electron chi connectivity index (χ4n) is 1.43. The normalized spacial score (nSPS) is 13.0. The van der Waals surface area contributed by atoms with Crippen molar-refractivity contribution in [2.24, 2.45) is 5.73 Å². The molecule has 1 unspecified atom stereocenters. The van der Waals surface area contributed by atoms with Gasteiger partial charge in [0, 0.05) is 6.04 Å². The summed E-state index contributed by atoms with van der Waals surface area (Å²) in [5, 5.41) is 8.63. The highest BCUT2D eigenvalue weighted by atomic mass is 32.2. The number of rotatable bonds is 5. The summed E-state index contributed by atoms with van der Waals surface area (Å²) in [5.74, 6) is -0.0179. The van der Waals surface area contributed by atoms with E-state index in [1.54, 1.807) is 24.3 Å². The lowest BCUT2D eigenvalue weighted by atomic mass is 10.2. The number of nitriles is 1. The van der Waals surface area contributed by atoms with E-state index in [1.807, 2.05) is 13.0 Å². The van der Waals surface area contributed by atoms with Crippen LogP contribution in [0.1, 0.15) is 24.5 Å². The van der Waals surface area contributed by atoms with Crippen molar-refractivity contribution in [3.63, 3.8) is 0 Å². The van der Waals surface area contributed by atoms with Gasteiger partial charge in [-0.3, -0.25) is 0 Å². The number of nitrogens with zero attached hydrogens (tertiary/aromatic N) is 1. The SMILES string of the molecule is CCC(N)CS(=O)(=O)Cc1ccc(C#N)cc1. The van der Waals surface area contributed by atoms with E-state index in [0.717, 1.165) is 0 Å². The van der Waals surface area contributed by atoms with Crippen LogP contribution in [0, 0.1) is 11.3 Å². The highest BCUT2D eigenvalue weighted by molar-refractivity contribution is 7.90. The Kier molecular flexibility index (Phi) is 4.67. The molecule has 0 fully saturated rings. The largest absolute Gasteiger partial charge is 0.327 e. The van der Waals surface area contributed by atoms with Crippen molar-refractivity contribution in [2.45, 2.75) is 25.1 Å². The van der Waals surface area contributed by atoms with Crippen molar-refractivity contribution < 1.29 is 8.42 Å². The monoisotopic (exact) mass is 252 g/mol. The first-order valence-corrected chi connectivity index (χ1v) is 7.24. The third kappa shape index (κ3) is 4.55.